The predicted octanol–water partition coefficient (Wildman–Crippen LogP) is 4.96. The molecule has 17 heavy (non-hydrogen) atoms. The molecule has 0 saturated carbocycles. The van der Waals surface area contributed by atoms with Gasteiger partial charge in [0, 0.05) is 18.4 Å². The van der Waals surface area contributed by atoms with Crippen molar-refractivity contribution in [2.75, 3.05) is 13.1 Å². The van der Waals surface area contributed by atoms with Crippen LogP contribution in [0.25, 0.3) is 0 Å². The van der Waals surface area contributed by atoms with Gasteiger partial charge in [0.1, 0.15) is 0 Å². The van der Waals surface area contributed by atoms with E-state index in [-0.39, 0.29) is 5.71 Å². The van der Waals surface area contributed by atoms with Crippen LogP contribution in [0.15, 0.2) is 30.3 Å². The lowest BCUT2D eigenvalue weighted by atomic mass is 10.3. The normalized spacial score (nSPS) is 12.9. The average Bonchev–Trinajstić information content (AvgIpc) is 2.39. The molecule has 0 saturated heterocycles. The van der Waals surface area contributed by atoms with Crippen LogP contribution in [-0.2, 0) is 0 Å². The molecule has 0 amide bonds. The molecular formula is C14H23INP. The molecule has 0 spiro atoms. The van der Waals surface area contributed by atoms with E-state index >= 15 is 0 Å². The fourth-order valence-electron chi connectivity index (χ4n) is 1.68. The molecule has 1 unspecified atom stereocenters. The Balaban J connectivity index is 2.61. The summed E-state index contributed by atoms with van der Waals surface area (Å²) in [5.74, 6) is 0. The molecule has 0 aromatic heterocycles. The van der Waals surface area contributed by atoms with Gasteiger partial charge in [-0.05, 0) is 34.9 Å². The molecule has 0 bridgehead atoms. The van der Waals surface area contributed by atoms with Gasteiger partial charge < -0.3 is 0 Å². The molecule has 3 heteroatoms. The summed E-state index contributed by atoms with van der Waals surface area (Å²) in [4.78, 5) is 0. The maximum Gasteiger partial charge on any atom is 0.0628 e. The number of benzene rings is 1. The van der Waals surface area contributed by atoms with Crippen LogP contribution in [0.1, 0.15) is 39.5 Å². The lowest BCUT2D eigenvalue weighted by molar-refractivity contribution is 0.439. The van der Waals surface area contributed by atoms with Gasteiger partial charge in [-0.1, -0.05) is 57.0 Å². The zero-order chi connectivity index (χ0) is 12.5. The van der Waals surface area contributed by atoms with Crippen molar-refractivity contribution >= 4 is 33.1 Å². The Hall–Kier alpha value is 0.340. The number of unbranched alkanes of at least 4 members (excludes halogenated alkanes) is 2. The zero-order valence-electron chi connectivity index (χ0n) is 10.9. The number of hydrogen-bond acceptors (Lipinski definition) is 1. The summed E-state index contributed by atoms with van der Waals surface area (Å²) in [6, 6.07) is 10.9. The van der Waals surface area contributed by atoms with E-state index in [4.69, 9.17) is 0 Å². The first kappa shape index (κ1) is 15.4. The van der Waals surface area contributed by atoms with E-state index < -0.39 is 0 Å². The van der Waals surface area contributed by atoms with Crippen molar-refractivity contribution in [3.05, 3.63) is 30.3 Å². The van der Waals surface area contributed by atoms with Crippen molar-refractivity contribution in [2.45, 2.75) is 39.5 Å². The maximum absolute atomic E-state index is 2.68. The Morgan fingerprint density at radius 3 is 2.00 bits per heavy atom. The minimum atomic E-state index is -0.159. The average molecular weight is 363 g/mol. The van der Waals surface area contributed by atoms with Gasteiger partial charge in [0.05, 0.1) is 5.71 Å². The third kappa shape index (κ3) is 5.67. The molecule has 0 aliphatic heterocycles. The first-order valence-corrected chi connectivity index (χ1v) is 10.6. The van der Waals surface area contributed by atoms with Crippen LogP contribution < -0.4 is 5.30 Å². The van der Waals surface area contributed by atoms with Crippen molar-refractivity contribution in [3.8, 4) is 0 Å². The number of halogens is 1. The van der Waals surface area contributed by atoms with E-state index in [9.17, 15) is 0 Å². The first-order chi connectivity index (χ1) is 8.29. The summed E-state index contributed by atoms with van der Waals surface area (Å²) in [7, 11) is 0. The van der Waals surface area contributed by atoms with Gasteiger partial charge in [0.25, 0.3) is 0 Å². The number of hydrogen-bond donors (Lipinski definition) is 0. The predicted molar refractivity (Wildman–Crippen MR) is 88.4 cm³/mol. The molecule has 0 fully saturated rings. The minimum absolute atomic E-state index is 0.159. The van der Waals surface area contributed by atoms with Crippen LogP contribution in [0.3, 0.4) is 0 Å². The quantitative estimate of drug-likeness (QED) is 0.466. The molecular weight excluding hydrogens is 340 g/mol. The molecule has 1 nitrogen and oxygen atoms in total. The van der Waals surface area contributed by atoms with E-state index in [1.165, 1.54) is 44.1 Å². The van der Waals surface area contributed by atoms with Gasteiger partial charge in [-0.25, -0.2) is 0 Å². The lowest BCUT2D eigenvalue weighted by Crippen LogP contribution is -2.22. The molecule has 96 valence electrons. The number of nitrogens with zero attached hydrogens (tertiary/aromatic N) is 1. The van der Waals surface area contributed by atoms with E-state index in [2.05, 4.69) is 70.9 Å². The summed E-state index contributed by atoms with van der Waals surface area (Å²) in [5, 5.41) is 1.50. The van der Waals surface area contributed by atoms with Crippen LogP contribution in [-0.4, -0.2) is 17.8 Å². The highest BCUT2D eigenvalue weighted by Gasteiger charge is 2.15. The highest BCUT2D eigenvalue weighted by Crippen LogP contribution is 2.47. The van der Waals surface area contributed by atoms with E-state index in [0.717, 1.165) is 0 Å². The third-order valence-corrected chi connectivity index (χ3v) is 7.88. The summed E-state index contributed by atoms with van der Waals surface area (Å²) in [6.45, 7) is 7.05. The lowest BCUT2D eigenvalue weighted by Gasteiger charge is -2.27. The largest absolute Gasteiger partial charge is 0.270 e. The van der Waals surface area contributed by atoms with Gasteiger partial charge in [-0.2, -0.15) is 0 Å². The van der Waals surface area contributed by atoms with Gasteiger partial charge in [-0.3, -0.25) is 4.67 Å². The van der Waals surface area contributed by atoms with Gasteiger partial charge in [0.15, 0.2) is 0 Å². The number of rotatable bonds is 8. The molecule has 1 rings (SSSR count). The molecule has 1 aromatic rings. The van der Waals surface area contributed by atoms with Crippen molar-refractivity contribution in [2.24, 2.45) is 0 Å². The molecule has 1 atom stereocenters. The van der Waals surface area contributed by atoms with E-state index in [1.807, 2.05) is 0 Å². The molecule has 0 aliphatic rings. The molecule has 0 aliphatic carbocycles. The SMILES string of the molecule is CCCCN(CCCC)P(I)c1ccccc1. The third-order valence-electron chi connectivity index (χ3n) is 2.76. The zero-order valence-corrected chi connectivity index (χ0v) is 14.0. The smallest absolute Gasteiger partial charge is 0.0628 e. The van der Waals surface area contributed by atoms with E-state index in [0.29, 0.717) is 0 Å². The first-order valence-electron chi connectivity index (χ1n) is 6.55. The van der Waals surface area contributed by atoms with Crippen LogP contribution in [0.5, 0.6) is 0 Å². The highest BCUT2D eigenvalue weighted by molar-refractivity contribution is 14.2. The van der Waals surface area contributed by atoms with Crippen molar-refractivity contribution < 1.29 is 0 Å². The molecule has 1 aromatic carbocycles. The van der Waals surface area contributed by atoms with Crippen LogP contribution in [0, 0.1) is 0 Å². The van der Waals surface area contributed by atoms with Gasteiger partial charge in [0.2, 0.25) is 0 Å². The molecule has 0 radical (unpaired) electrons. The second kappa shape index (κ2) is 9.29. The molecule has 0 heterocycles. The Kier molecular flexibility index (Phi) is 8.42. The summed E-state index contributed by atoms with van der Waals surface area (Å²) < 4.78 is 2.68. The van der Waals surface area contributed by atoms with Crippen molar-refractivity contribution in [1.29, 1.82) is 0 Å². The second-order valence-electron chi connectivity index (χ2n) is 4.26. The standard InChI is InChI=1S/C14H23INP/c1-3-5-12-16(13-6-4-2)17(15)14-10-8-7-9-11-14/h7-11H,3-6,12-13H2,1-2H3. The Morgan fingerprint density at radius 1 is 1.00 bits per heavy atom. The van der Waals surface area contributed by atoms with Crippen LogP contribution in [0.2, 0.25) is 0 Å². The van der Waals surface area contributed by atoms with Crippen LogP contribution >= 0.6 is 27.8 Å². The summed E-state index contributed by atoms with van der Waals surface area (Å²) in [5.41, 5.74) is -0.159. The topological polar surface area (TPSA) is 3.24 Å². The van der Waals surface area contributed by atoms with Crippen LogP contribution in [0.4, 0.5) is 0 Å². The van der Waals surface area contributed by atoms with Gasteiger partial charge >= 0.3 is 0 Å². The Bertz CT molecular complexity index is 284. The molecule has 0 N–H and O–H groups in total. The Morgan fingerprint density at radius 2 is 1.53 bits per heavy atom. The highest BCUT2D eigenvalue weighted by atomic mass is 127. The summed E-state index contributed by atoms with van der Waals surface area (Å²) in [6.07, 6.45) is 5.21. The maximum atomic E-state index is 2.68. The Labute approximate surface area is 120 Å². The van der Waals surface area contributed by atoms with Gasteiger partial charge in [-0.15, -0.1) is 0 Å². The van der Waals surface area contributed by atoms with Crippen molar-refractivity contribution in [1.82, 2.24) is 4.67 Å². The minimum Gasteiger partial charge on any atom is -0.270 e. The fraction of sp³-hybridized carbons (Fsp3) is 0.571. The van der Waals surface area contributed by atoms with Crippen molar-refractivity contribution in [3.63, 3.8) is 0 Å². The summed E-state index contributed by atoms with van der Waals surface area (Å²) >= 11 is 2.64. The second-order valence-corrected chi connectivity index (χ2v) is 8.60. The van der Waals surface area contributed by atoms with E-state index in [1.54, 1.807) is 0 Å². The monoisotopic (exact) mass is 363 g/mol. The fourth-order valence-corrected chi connectivity index (χ4v) is 5.32.